The van der Waals surface area contributed by atoms with Crippen LogP contribution in [0.2, 0.25) is 0 Å². The fourth-order valence-electron chi connectivity index (χ4n) is 3.68. The van der Waals surface area contributed by atoms with Gasteiger partial charge in [-0.15, -0.1) is 0 Å². The first-order chi connectivity index (χ1) is 15.8. The van der Waals surface area contributed by atoms with E-state index in [1.807, 2.05) is 37.3 Å². The average molecular weight is 453 g/mol. The van der Waals surface area contributed by atoms with Crippen LogP contribution >= 0.6 is 0 Å². The Morgan fingerprint density at radius 1 is 1.12 bits per heavy atom. The second-order valence-electron chi connectivity index (χ2n) is 7.62. The molecule has 9 heteroatoms. The highest BCUT2D eigenvalue weighted by Crippen LogP contribution is 2.28. The van der Waals surface area contributed by atoms with Gasteiger partial charge in [-0.2, -0.15) is 0 Å². The van der Waals surface area contributed by atoms with Crippen molar-refractivity contribution in [2.75, 3.05) is 19.0 Å². The zero-order valence-electron chi connectivity index (χ0n) is 19.0. The topological polar surface area (TPSA) is 105 Å². The third-order valence-electron chi connectivity index (χ3n) is 5.21. The number of ether oxygens (including phenoxy) is 2. The normalized spacial score (nSPS) is 16.7. The fourth-order valence-corrected chi connectivity index (χ4v) is 3.68. The number of hydrogen-bond donors (Lipinski definition) is 1. The zero-order chi connectivity index (χ0) is 24.1. The van der Waals surface area contributed by atoms with Crippen LogP contribution in [0.1, 0.15) is 25.0 Å². The number of imide groups is 1. The van der Waals surface area contributed by atoms with Crippen LogP contribution in [0.25, 0.3) is 0 Å². The molecule has 0 bridgehead atoms. The molecule has 4 amide bonds. The Morgan fingerprint density at radius 3 is 2.42 bits per heavy atom. The van der Waals surface area contributed by atoms with Gasteiger partial charge in [-0.25, -0.2) is 9.69 Å². The van der Waals surface area contributed by atoms with E-state index in [-0.39, 0.29) is 13.2 Å². The zero-order valence-corrected chi connectivity index (χ0v) is 19.0. The lowest BCUT2D eigenvalue weighted by Crippen LogP contribution is -2.52. The monoisotopic (exact) mass is 453 g/mol. The van der Waals surface area contributed by atoms with Crippen molar-refractivity contribution in [3.8, 4) is 5.75 Å². The van der Waals surface area contributed by atoms with Gasteiger partial charge in [-0.3, -0.25) is 19.3 Å². The fraction of sp³-hybridized carbons (Fsp3) is 0.333. The number of ketones is 1. The van der Waals surface area contributed by atoms with Crippen LogP contribution in [0, 0.1) is 6.92 Å². The largest absolute Gasteiger partial charge is 0.495 e. The maximum Gasteiger partial charge on any atom is 0.330 e. The molecule has 2 aromatic carbocycles. The molecule has 1 fully saturated rings. The van der Waals surface area contributed by atoms with Crippen LogP contribution in [0.4, 0.5) is 10.5 Å². The Hall–Kier alpha value is -3.72. The van der Waals surface area contributed by atoms with Gasteiger partial charge in [-0.05, 0) is 44.0 Å². The SMILES string of the molecule is CCOC1C(=O)N(C(C(C)=O)C(=O)Nc2cc(C)ccc2OC)C(=O)N1Cc1ccccc1. The van der Waals surface area contributed by atoms with E-state index in [4.69, 9.17) is 9.47 Å². The predicted octanol–water partition coefficient (Wildman–Crippen LogP) is 2.73. The highest BCUT2D eigenvalue weighted by atomic mass is 16.5. The van der Waals surface area contributed by atoms with Crippen molar-refractivity contribution in [1.82, 2.24) is 9.80 Å². The molecule has 0 aliphatic carbocycles. The predicted molar refractivity (Wildman–Crippen MR) is 120 cm³/mol. The Bertz CT molecular complexity index is 1060. The van der Waals surface area contributed by atoms with Crippen LogP contribution in [0.3, 0.4) is 0 Å². The molecule has 2 unspecified atom stereocenters. The molecule has 2 atom stereocenters. The van der Waals surface area contributed by atoms with E-state index in [0.717, 1.165) is 18.1 Å². The molecule has 0 saturated carbocycles. The highest BCUT2D eigenvalue weighted by molar-refractivity contribution is 6.17. The summed E-state index contributed by atoms with van der Waals surface area (Å²) in [5.41, 5.74) is 1.96. The van der Waals surface area contributed by atoms with Gasteiger partial charge < -0.3 is 14.8 Å². The summed E-state index contributed by atoms with van der Waals surface area (Å²) in [6, 6.07) is 11.8. The number of urea groups is 1. The van der Waals surface area contributed by atoms with Crippen LogP contribution in [-0.4, -0.2) is 59.4 Å². The van der Waals surface area contributed by atoms with Crippen molar-refractivity contribution < 1.29 is 28.7 Å². The minimum absolute atomic E-state index is 0.0878. The summed E-state index contributed by atoms with van der Waals surface area (Å²) in [6.07, 6.45) is -1.23. The number of carbonyl (C=O) groups excluding carboxylic acids is 4. The van der Waals surface area contributed by atoms with Crippen molar-refractivity contribution in [2.24, 2.45) is 0 Å². The summed E-state index contributed by atoms with van der Waals surface area (Å²) in [5.74, 6) is -1.85. The highest BCUT2D eigenvalue weighted by Gasteiger charge is 2.52. The van der Waals surface area contributed by atoms with E-state index < -0.39 is 35.9 Å². The number of methoxy groups -OCH3 is 1. The second-order valence-corrected chi connectivity index (χ2v) is 7.62. The minimum atomic E-state index is -1.65. The number of benzene rings is 2. The van der Waals surface area contributed by atoms with E-state index in [2.05, 4.69) is 5.32 Å². The van der Waals surface area contributed by atoms with Crippen LogP contribution in [0.5, 0.6) is 5.75 Å². The molecule has 9 nitrogen and oxygen atoms in total. The molecule has 1 N–H and O–H groups in total. The maximum absolute atomic E-state index is 13.3. The van der Waals surface area contributed by atoms with Gasteiger partial charge in [0.1, 0.15) is 5.75 Å². The van der Waals surface area contributed by atoms with Crippen molar-refractivity contribution in [3.63, 3.8) is 0 Å². The summed E-state index contributed by atoms with van der Waals surface area (Å²) in [6.45, 7) is 4.94. The Balaban J connectivity index is 1.92. The molecule has 1 aliphatic rings. The molecule has 3 rings (SSSR count). The first kappa shape index (κ1) is 23.9. The summed E-state index contributed by atoms with van der Waals surface area (Å²) in [4.78, 5) is 54.0. The second kappa shape index (κ2) is 10.3. The number of anilines is 1. The van der Waals surface area contributed by atoms with Crippen molar-refractivity contribution in [2.45, 2.75) is 39.6 Å². The molecular weight excluding hydrogens is 426 g/mol. The number of carbonyl (C=O) groups is 4. The number of amides is 4. The molecule has 1 heterocycles. The Morgan fingerprint density at radius 2 is 1.82 bits per heavy atom. The Labute approximate surface area is 192 Å². The van der Waals surface area contributed by atoms with E-state index in [1.54, 1.807) is 25.1 Å². The van der Waals surface area contributed by atoms with E-state index in [1.165, 1.54) is 12.0 Å². The molecule has 174 valence electrons. The molecule has 0 spiro atoms. The third-order valence-corrected chi connectivity index (χ3v) is 5.21. The van der Waals surface area contributed by atoms with Crippen LogP contribution in [0.15, 0.2) is 48.5 Å². The van der Waals surface area contributed by atoms with Gasteiger partial charge in [0.15, 0.2) is 11.8 Å². The number of rotatable bonds is 9. The summed E-state index contributed by atoms with van der Waals surface area (Å²) >= 11 is 0. The lowest BCUT2D eigenvalue weighted by molar-refractivity contribution is -0.147. The van der Waals surface area contributed by atoms with Gasteiger partial charge in [0.2, 0.25) is 6.23 Å². The molecule has 2 aromatic rings. The smallest absolute Gasteiger partial charge is 0.330 e. The number of Topliss-reactive ketones (excluding diaryl/α,β-unsaturated/α-hetero) is 1. The first-order valence-electron chi connectivity index (χ1n) is 10.5. The first-order valence-corrected chi connectivity index (χ1v) is 10.5. The van der Waals surface area contributed by atoms with Gasteiger partial charge in [0.25, 0.3) is 11.8 Å². The van der Waals surface area contributed by atoms with Crippen molar-refractivity contribution in [3.05, 3.63) is 59.7 Å². The number of hydrogen-bond acceptors (Lipinski definition) is 6. The van der Waals surface area contributed by atoms with Crippen LogP contribution in [-0.2, 0) is 25.7 Å². The quantitative estimate of drug-likeness (QED) is 0.462. The number of nitrogens with zero attached hydrogens (tertiary/aromatic N) is 2. The Kier molecular flexibility index (Phi) is 7.44. The third kappa shape index (κ3) is 5.04. The molecule has 0 aromatic heterocycles. The molecular formula is C24H27N3O6. The van der Waals surface area contributed by atoms with E-state index in [0.29, 0.717) is 16.3 Å². The van der Waals surface area contributed by atoms with Crippen molar-refractivity contribution in [1.29, 1.82) is 0 Å². The lowest BCUT2D eigenvalue weighted by Gasteiger charge is -2.24. The minimum Gasteiger partial charge on any atom is -0.495 e. The summed E-state index contributed by atoms with van der Waals surface area (Å²) in [5, 5.41) is 2.62. The number of nitrogens with one attached hydrogen (secondary N) is 1. The molecule has 0 radical (unpaired) electrons. The van der Waals surface area contributed by atoms with E-state index in [9.17, 15) is 19.2 Å². The van der Waals surface area contributed by atoms with Gasteiger partial charge >= 0.3 is 6.03 Å². The summed E-state index contributed by atoms with van der Waals surface area (Å²) < 4.78 is 10.8. The van der Waals surface area contributed by atoms with Gasteiger partial charge in [0, 0.05) is 6.61 Å². The summed E-state index contributed by atoms with van der Waals surface area (Å²) in [7, 11) is 1.45. The van der Waals surface area contributed by atoms with Gasteiger partial charge in [-0.1, -0.05) is 36.4 Å². The van der Waals surface area contributed by atoms with Crippen molar-refractivity contribution >= 4 is 29.3 Å². The van der Waals surface area contributed by atoms with Crippen LogP contribution < -0.4 is 10.1 Å². The maximum atomic E-state index is 13.3. The van der Waals surface area contributed by atoms with Gasteiger partial charge in [0.05, 0.1) is 19.3 Å². The molecule has 33 heavy (non-hydrogen) atoms. The molecule has 1 saturated heterocycles. The number of aryl methyl sites for hydroxylation is 1. The lowest BCUT2D eigenvalue weighted by atomic mass is 10.1. The van der Waals surface area contributed by atoms with E-state index >= 15 is 0 Å². The average Bonchev–Trinajstić information content (AvgIpc) is 2.99. The molecule has 1 aliphatic heterocycles. The standard InChI is InChI=1S/C24H27N3O6/c1-5-33-23-22(30)27(24(31)26(23)14-17-9-7-6-8-10-17)20(16(3)28)21(29)25-18-13-15(2)11-12-19(18)32-4/h6-13,20,23H,5,14H2,1-4H3,(H,25,29).